The first-order chi connectivity index (χ1) is 11.6. The molecule has 0 bridgehead atoms. The lowest BCUT2D eigenvalue weighted by atomic mass is 10.1. The van der Waals surface area contributed by atoms with Crippen LogP contribution in [0.15, 0.2) is 29.4 Å². The fourth-order valence-electron chi connectivity index (χ4n) is 1.84. The van der Waals surface area contributed by atoms with Gasteiger partial charge in [-0.05, 0) is 31.2 Å². The molecule has 134 valence electrons. The summed E-state index contributed by atoms with van der Waals surface area (Å²) in [4.78, 5) is 3.55. The number of nitrogens with zero attached hydrogens (tertiary/aromatic N) is 2. The minimum absolute atomic E-state index is 0.0729. The van der Waals surface area contributed by atoms with Gasteiger partial charge in [0, 0.05) is 5.56 Å². The highest BCUT2D eigenvalue weighted by molar-refractivity contribution is 6.34. The number of benzene rings is 1. The molecule has 0 aliphatic carbocycles. The number of pyridine rings is 1. The van der Waals surface area contributed by atoms with Crippen LogP contribution in [-0.2, 0) is 6.18 Å². The lowest BCUT2D eigenvalue weighted by molar-refractivity contribution is -0.137. The van der Waals surface area contributed by atoms with Crippen molar-refractivity contribution in [2.75, 3.05) is 12.5 Å². The molecule has 1 N–H and O–H groups in total. The van der Waals surface area contributed by atoms with Gasteiger partial charge in [-0.2, -0.15) is 18.3 Å². The van der Waals surface area contributed by atoms with Gasteiger partial charge in [0.05, 0.1) is 23.4 Å². The van der Waals surface area contributed by atoms with Crippen molar-refractivity contribution in [2.24, 2.45) is 5.10 Å². The molecule has 0 atom stereocenters. The topological polar surface area (TPSA) is 46.5 Å². The van der Waals surface area contributed by atoms with Crippen molar-refractivity contribution >= 4 is 34.7 Å². The maximum absolute atomic E-state index is 13.7. The zero-order valence-electron chi connectivity index (χ0n) is 12.9. The average molecular weight is 396 g/mol. The quantitative estimate of drug-likeness (QED) is 0.326. The first-order valence-corrected chi connectivity index (χ1v) is 7.46. The number of ether oxygens (including phenoxy) is 1. The smallest absolute Gasteiger partial charge is 0.419 e. The molecule has 0 fully saturated rings. The number of aromatic nitrogens is 1. The van der Waals surface area contributed by atoms with Crippen LogP contribution in [0.25, 0.3) is 0 Å². The Kier molecular flexibility index (Phi) is 5.74. The molecule has 0 saturated heterocycles. The largest absolute Gasteiger partial charge is 0.494 e. The summed E-state index contributed by atoms with van der Waals surface area (Å²) in [6.07, 6.45) is -4.67. The van der Waals surface area contributed by atoms with Gasteiger partial charge < -0.3 is 4.74 Å². The lowest BCUT2D eigenvalue weighted by Crippen LogP contribution is -2.09. The first-order valence-electron chi connectivity index (χ1n) is 6.71. The van der Waals surface area contributed by atoms with Crippen molar-refractivity contribution in [3.8, 4) is 5.75 Å². The lowest BCUT2D eigenvalue weighted by Gasteiger charge is -2.11. The van der Waals surface area contributed by atoms with E-state index in [2.05, 4.69) is 15.5 Å². The molecular formula is C15H11Cl2F4N3O. The minimum atomic E-state index is -4.67. The second kappa shape index (κ2) is 7.45. The Morgan fingerprint density at radius 2 is 1.92 bits per heavy atom. The molecule has 0 amide bonds. The number of hydrogen-bond acceptors (Lipinski definition) is 4. The van der Waals surface area contributed by atoms with Crippen LogP contribution in [0.3, 0.4) is 0 Å². The maximum atomic E-state index is 13.7. The molecule has 2 rings (SSSR count). The van der Waals surface area contributed by atoms with E-state index in [1.165, 1.54) is 19.2 Å². The second-order valence-electron chi connectivity index (χ2n) is 4.81. The van der Waals surface area contributed by atoms with Crippen LogP contribution in [0.5, 0.6) is 5.75 Å². The number of hydrogen-bond donors (Lipinski definition) is 1. The molecule has 1 aromatic carbocycles. The predicted octanol–water partition coefficient (Wildman–Crippen LogP) is 5.39. The molecular weight excluding hydrogens is 385 g/mol. The summed E-state index contributed by atoms with van der Waals surface area (Å²) < 4.78 is 56.7. The fourth-order valence-corrected chi connectivity index (χ4v) is 2.28. The summed E-state index contributed by atoms with van der Waals surface area (Å²) in [5.41, 5.74) is 2.04. The monoisotopic (exact) mass is 395 g/mol. The molecule has 1 heterocycles. The third-order valence-electron chi connectivity index (χ3n) is 3.13. The highest BCUT2D eigenvalue weighted by atomic mass is 35.5. The Balaban J connectivity index is 2.26. The summed E-state index contributed by atoms with van der Waals surface area (Å²) in [5.74, 6) is -0.667. The van der Waals surface area contributed by atoms with Crippen molar-refractivity contribution < 1.29 is 22.3 Å². The minimum Gasteiger partial charge on any atom is -0.494 e. The highest BCUT2D eigenvalue weighted by Crippen LogP contribution is 2.37. The second-order valence-corrected chi connectivity index (χ2v) is 5.58. The molecule has 2 aromatic rings. The van der Waals surface area contributed by atoms with Gasteiger partial charge in [0.25, 0.3) is 0 Å². The molecule has 0 unspecified atom stereocenters. The van der Waals surface area contributed by atoms with E-state index in [4.69, 9.17) is 27.9 Å². The highest BCUT2D eigenvalue weighted by Gasteiger charge is 2.35. The van der Waals surface area contributed by atoms with Crippen LogP contribution in [-0.4, -0.2) is 17.8 Å². The van der Waals surface area contributed by atoms with Crippen molar-refractivity contribution in [1.29, 1.82) is 0 Å². The van der Waals surface area contributed by atoms with E-state index in [1.807, 2.05) is 0 Å². The third-order valence-corrected chi connectivity index (χ3v) is 3.71. The Bertz CT molecular complexity index is 825. The van der Waals surface area contributed by atoms with Crippen LogP contribution in [0, 0.1) is 5.82 Å². The molecule has 4 nitrogen and oxygen atoms in total. The standard InChI is InChI=1S/C15H11Cl2F4N3O/c1-7(8-3-4-12(25-2)11(18)5-8)23-24-14-10(16)6-9(13(17)22-14)15(19,20)21/h3-6H,1-2H3,(H,22,24)/b23-7+. The van der Waals surface area contributed by atoms with E-state index in [0.29, 0.717) is 17.3 Å². The molecule has 0 saturated carbocycles. The normalized spacial score (nSPS) is 12.2. The molecule has 10 heteroatoms. The Morgan fingerprint density at radius 3 is 2.48 bits per heavy atom. The molecule has 25 heavy (non-hydrogen) atoms. The van der Waals surface area contributed by atoms with E-state index in [1.54, 1.807) is 13.0 Å². The van der Waals surface area contributed by atoms with Crippen molar-refractivity contribution in [1.82, 2.24) is 4.98 Å². The van der Waals surface area contributed by atoms with Crippen molar-refractivity contribution in [3.05, 3.63) is 51.4 Å². The summed E-state index contributed by atoms with van der Waals surface area (Å²) >= 11 is 11.3. The van der Waals surface area contributed by atoms with E-state index < -0.39 is 22.7 Å². The number of halogens is 6. The van der Waals surface area contributed by atoms with E-state index in [9.17, 15) is 17.6 Å². The fraction of sp³-hybridized carbons (Fsp3) is 0.200. The molecule has 0 aliphatic heterocycles. The average Bonchev–Trinajstić information content (AvgIpc) is 2.53. The number of alkyl halides is 3. The Hall–Kier alpha value is -2.06. The van der Waals surface area contributed by atoms with Gasteiger partial charge in [0.1, 0.15) is 5.15 Å². The molecule has 1 aromatic heterocycles. The first kappa shape index (κ1) is 19.3. The Morgan fingerprint density at radius 1 is 1.24 bits per heavy atom. The summed E-state index contributed by atoms with van der Waals surface area (Å²) in [5, 5.41) is 2.86. The SMILES string of the molecule is COc1ccc(/C(C)=N/Nc2nc(Cl)c(C(F)(F)F)cc2Cl)cc1F. The van der Waals surface area contributed by atoms with Crippen LogP contribution in [0.4, 0.5) is 23.4 Å². The van der Waals surface area contributed by atoms with Gasteiger partial charge in [-0.1, -0.05) is 23.2 Å². The number of rotatable bonds is 4. The summed E-state index contributed by atoms with van der Waals surface area (Å²) in [6, 6.07) is 4.84. The van der Waals surface area contributed by atoms with E-state index in [0.717, 1.165) is 0 Å². The van der Waals surface area contributed by atoms with Crippen LogP contribution in [0.1, 0.15) is 18.1 Å². The molecule has 0 aliphatic rings. The Labute approximate surface area is 150 Å². The number of hydrazone groups is 1. The zero-order chi connectivity index (χ0) is 18.8. The van der Waals surface area contributed by atoms with E-state index >= 15 is 0 Å². The van der Waals surface area contributed by atoms with E-state index in [-0.39, 0.29) is 16.6 Å². The molecule has 0 radical (unpaired) electrons. The molecule has 0 spiro atoms. The number of methoxy groups -OCH3 is 1. The van der Waals surface area contributed by atoms with Crippen molar-refractivity contribution in [2.45, 2.75) is 13.1 Å². The third kappa shape index (κ3) is 4.52. The van der Waals surface area contributed by atoms with Crippen LogP contribution in [0.2, 0.25) is 10.2 Å². The summed E-state index contributed by atoms with van der Waals surface area (Å²) in [7, 11) is 1.34. The number of nitrogens with one attached hydrogen (secondary N) is 1. The van der Waals surface area contributed by atoms with Gasteiger partial charge >= 0.3 is 6.18 Å². The van der Waals surface area contributed by atoms with Crippen LogP contribution < -0.4 is 10.2 Å². The van der Waals surface area contributed by atoms with Gasteiger partial charge in [-0.3, -0.25) is 5.43 Å². The van der Waals surface area contributed by atoms with Gasteiger partial charge in [-0.25, -0.2) is 9.37 Å². The van der Waals surface area contributed by atoms with Gasteiger partial charge in [-0.15, -0.1) is 0 Å². The zero-order valence-corrected chi connectivity index (χ0v) is 14.4. The number of anilines is 1. The predicted molar refractivity (Wildman–Crippen MR) is 88.0 cm³/mol. The van der Waals surface area contributed by atoms with Gasteiger partial charge in [0.15, 0.2) is 17.4 Å². The maximum Gasteiger partial charge on any atom is 0.419 e. The van der Waals surface area contributed by atoms with Crippen molar-refractivity contribution in [3.63, 3.8) is 0 Å². The summed E-state index contributed by atoms with van der Waals surface area (Å²) in [6.45, 7) is 1.56. The van der Waals surface area contributed by atoms with Crippen LogP contribution >= 0.6 is 23.2 Å². The van der Waals surface area contributed by atoms with Gasteiger partial charge in [0.2, 0.25) is 0 Å².